The first-order valence-corrected chi connectivity index (χ1v) is 23.4. The summed E-state index contributed by atoms with van der Waals surface area (Å²) in [5.41, 5.74) is -1.34. The number of benzene rings is 1. The van der Waals surface area contributed by atoms with E-state index >= 15 is 9.18 Å². The normalized spacial score (nSPS) is 29.5. The number of hydrogen-bond donors (Lipinski definition) is 1. The van der Waals surface area contributed by atoms with Crippen LogP contribution in [0.1, 0.15) is 98.8 Å². The molecule has 1 N–H and O–H groups in total. The largest absolute Gasteiger partial charge is 0.494 e. The Balaban J connectivity index is 1.26. The van der Waals surface area contributed by atoms with Gasteiger partial charge in [-0.15, -0.1) is 0 Å². The van der Waals surface area contributed by atoms with Crippen LogP contribution in [0.4, 0.5) is 10.1 Å². The molecule has 5 aliphatic rings. The van der Waals surface area contributed by atoms with Crippen LogP contribution in [0.15, 0.2) is 30.5 Å². The van der Waals surface area contributed by atoms with Gasteiger partial charge in [-0.2, -0.15) is 0 Å². The third-order valence-corrected chi connectivity index (χ3v) is 14.9. The number of nitrogens with one attached hydrogen (secondary N) is 1. The molecule has 16 heteroatoms. The predicted octanol–water partition coefficient (Wildman–Crippen LogP) is 5.89. The zero-order valence-electron chi connectivity index (χ0n) is 36.2. The number of morpholine rings is 1. The number of nitrogens with zero attached hydrogens (tertiary/aromatic N) is 3. The number of carbonyl (C=O) groups excluding carboxylic acids is 4. The van der Waals surface area contributed by atoms with Gasteiger partial charge in [-0.25, -0.2) is 17.8 Å². The van der Waals surface area contributed by atoms with Crippen molar-refractivity contribution in [1.82, 2.24) is 14.6 Å². The van der Waals surface area contributed by atoms with E-state index in [-0.39, 0.29) is 67.5 Å². The van der Waals surface area contributed by atoms with Gasteiger partial charge in [-0.3, -0.25) is 23.9 Å². The molecule has 14 nitrogen and oxygen atoms in total. The van der Waals surface area contributed by atoms with Crippen LogP contribution in [0.3, 0.4) is 0 Å². The quantitative estimate of drug-likeness (QED) is 0.222. The first-order chi connectivity index (χ1) is 28.9. The van der Waals surface area contributed by atoms with E-state index in [9.17, 15) is 22.8 Å². The second-order valence-corrected chi connectivity index (χ2v) is 20.7. The molecule has 1 aromatic carbocycles. The highest BCUT2D eigenvalue weighted by molar-refractivity contribution is 7.90. The highest BCUT2D eigenvalue weighted by atomic mass is 32.2. The number of Topliss-reactive ketones (excluding diaryl/α,β-unsaturated/α-hetero) is 1. The maximum Gasteiger partial charge on any atom is 0.307 e. The van der Waals surface area contributed by atoms with Crippen molar-refractivity contribution in [3.63, 3.8) is 0 Å². The first kappa shape index (κ1) is 44.7. The molecule has 2 amide bonds. The number of pyridine rings is 1. The van der Waals surface area contributed by atoms with E-state index < -0.39 is 67.8 Å². The maximum atomic E-state index is 15.4. The van der Waals surface area contributed by atoms with Crippen molar-refractivity contribution in [2.24, 2.45) is 29.1 Å². The van der Waals surface area contributed by atoms with Crippen LogP contribution < -0.4 is 19.1 Å². The van der Waals surface area contributed by atoms with Crippen molar-refractivity contribution in [3.8, 4) is 11.6 Å². The number of rotatable bonds is 10. The Morgan fingerprint density at radius 2 is 1.82 bits per heavy atom. The molecule has 2 saturated carbocycles. The highest BCUT2D eigenvalue weighted by Crippen LogP contribution is 2.57. The number of aromatic nitrogens is 1. The van der Waals surface area contributed by atoms with Crippen molar-refractivity contribution >= 4 is 50.1 Å². The number of methoxy groups -OCH3 is 1. The molecule has 0 spiro atoms. The van der Waals surface area contributed by atoms with Gasteiger partial charge in [0, 0.05) is 36.7 Å². The minimum Gasteiger partial charge on any atom is -0.494 e. The third kappa shape index (κ3) is 10.0. The van der Waals surface area contributed by atoms with E-state index in [2.05, 4.69) is 21.5 Å². The molecule has 4 heterocycles. The minimum atomic E-state index is -3.90. The van der Waals surface area contributed by atoms with Crippen LogP contribution in [0, 0.1) is 34.9 Å². The van der Waals surface area contributed by atoms with E-state index in [0.29, 0.717) is 69.2 Å². The molecular formula is C45H61FN4O10S. The van der Waals surface area contributed by atoms with Gasteiger partial charge in [0.15, 0.2) is 17.3 Å². The Morgan fingerprint density at radius 1 is 1.08 bits per heavy atom. The van der Waals surface area contributed by atoms with Gasteiger partial charge >= 0.3 is 5.97 Å². The fourth-order valence-electron chi connectivity index (χ4n) is 9.47. The third-order valence-electron chi connectivity index (χ3n) is 13.0. The number of hydrogen-bond acceptors (Lipinski definition) is 12. The number of halogens is 1. The molecule has 0 radical (unpaired) electrons. The van der Waals surface area contributed by atoms with Crippen LogP contribution in [-0.2, 0) is 38.7 Å². The van der Waals surface area contributed by atoms with Crippen molar-refractivity contribution in [2.75, 3.05) is 44.9 Å². The molecule has 0 unspecified atom stereocenters. The van der Waals surface area contributed by atoms with Crippen molar-refractivity contribution < 1.29 is 50.9 Å². The Morgan fingerprint density at radius 3 is 2.49 bits per heavy atom. The second-order valence-electron chi connectivity index (χ2n) is 18.8. The lowest BCUT2D eigenvalue weighted by Crippen LogP contribution is -2.48. The molecular weight excluding hydrogens is 808 g/mol. The van der Waals surface area contributed by atoms with Gasteiger partial charge in [0.1, 0.15) is 11.7 Å². The Labute approximate surface area is 358 Å². The summed E-state index contributed by atoms with van der Waals surface area (Å²) in [4.78, 5) is 65.7. The summed E-state index contributed by atoms with van der Waals surface area (Å²) in [7, 11) is -2.51. The molecule has 7 atom stereocenters. The van der Waals surface area contributed by atoms with Gasteiger partial charge < -0.3 is 28.7 Å². The van der Waals surface area contributed by atoms with Crippen molar-refractivity contribution in [1.29, 1.82) is 0 Å². The number of sulfonamides is 1. The second kappa shape index (κ2) is 17.8. The number of anilines is 1. The summed E-state index contributed by atoms with van der Waals surface area (Å²) in [5.74, 6) is -3.69. The van der Waals surface area contributed by atoms with E-state index in [0.717, 1.165) is 12.1 Å². The average molecular weight is 869 g/mol. The zero-order valence-corrected chi connectivity index (χ0v) is 37.1. The molecule has 2 aliphatic carbocycles. The summed E-state index contributed by atoms with van der Waals surface area (Å²) in [6.07, 6.45) is 8.35. The van der Waals surface area contributed by atoms with Crippen LogP contribution in [0.2, 0.25) is 0 Å². The fraction of sp³-hybridized carbons (Fsp3) is 0.667. The van der Waals surface area contributed by atoms with E-state index in [1.54, 1.807) is 33.0 Å². The Hall–Kier alpha value is -4.31. The summed E-state index contributed by atoms with van der Waals surface area (Å²) in [5, 5.41) is 0.397. The van der Waals surface area contributed by atoms with E-state index in [4.69, 9.17) is 18.9 Å². The number of esters is 1. The predicted molar refractivity (Wildman–Crippen MR) is 226 cm³/mol. The van der Waals surface area contributed by atoms with Gasteiger partial charge in [0.05, 0.1) is 67.8 Å². The average Bonchev–Trinajstić information content (AvgIpc) is 4.14. The molecule has 0 bridgehead atoms. The topological polar surface area (TPSA) is 171 Å². The van der Waals surface area contributed by atoms with E-state index in [1.807, 2.05) is 19.1 Å². The molecule has 1 aromatic heterocycles. The van der Waals surface area contributed by atoms with Gasteiger partial charge in [-0.05, 0) is 89.2 Å². The minimum absolute atomic E-state index is 0.0303. The molecule has 61 heavy (non-hydrogen) atoms. The first-order valence-electron chi connectivity index (χ1n) is 21.9. The van der Waals surface area contributed by atoms with Crippen molar-refractivity contribution in [2.45, 2.75) is 122 Å². The number of amides is 2. The number of allylic oxidation sites excluding steroid dienone is 2. The Kier molecular flexibility index (Phi) is 13.1. The number of ether oxygens (including phenoxy) is 4. The standard InChI is InChI=1S/C45H61FN4O10S/c1-7-28-18-27(2)10-8-9-11-29-23-45(29,43(54)48-61(55,56)31-12-13-31)24-38(51)36-19-30(26-50(36)42(53)32(28)22-40(52)60-44(3,4)5)59-41-34-20-35(46)39(57-6)21-33(34)37(25-47-41)49-14-16-58-17-15-49/h9,11,20-21,25,27-32,36H,7-8,10,12-19,22-24,26H2,1-6H3,(H,48,54)/b11-9-/t27-,28-,29-,30-,32+,36+,45-/m1/s1. The highest BCUT2D eigenvalue weighted by Gasteiger charge is 2.62. The SMILES string of the molecule is CC[C@@H]1C[C@H](C)CC/C=C\[C@@H]2C[C@@]2(C(=O)NS(=O)(=O)C2CC2)CC(=O)[C@@H]2C[C@@H](Oc3ncc(N4CCOCC4)c4cc(OC)c(F)cc34)CN2C(=O)[C@H]1CC(=O)OC(C)(C)C. The van der Waals surface area contributed by atoms with Crippen LogP contribution >= 0.6 is 0 Å². The zero-order chi connectivity index (χ0) is 43.9. The summed E-state index contributed by atoms with van der Waals surface area (Å²) < 4.78 is 67.0. The summed E-state index contributed by atoms with van der Waals surface area (Å²) in [6.45, 7) is 11.6. The van der Waals surface area contributed by atoms with Crippen LogP contribution in [0.25, 0.3) is 10.8 Å². The monoisotopic (exact) mass is 868 g/mol. The van der Waals surface area contributed by atoms with Gasteiger partial charge in [0.25, 0.3) is 0 Å². The lowest BCUT2D eigenvalue weighted by Gasteiger charge is -2.33. The number of carbonyl (C=O) groups is 4. The van der Waals surface area contributed by atoms with E-state index in [1.165, 1.54) is 18.1 Å². The molecule has 4 fully saturated rings. The molecule has 2 saturated heterocycles. The smallest absolute Gasteiger partial charge is 0.307 e. The number of ketones is 1. The van der Waals surface area contributed by atoms with Gasteiger partial charge in [0.2, 0.25) is 27.7 Å². The lowest BCUT2D eigenvalue weighted by atomic mass is 9.79. The maximum absolute atomic E-state index is 15.4. The van der Waals surface area contributed by atoms with Crippen LogP contribution in [-0.4, -0.2) is 105 Å². The van der Waals surface area contributed by atoms with Gasteiger partial charge in [-0.1, -0.05) is 32.4 Å². The molecule has 3 aliphatic heterocycles. The fourth-order valence-corrected chi connectivity index (χ4v) is 10.9. The molecule has 7 rings (SSSR count). The number of fused-ring (bicyclic) bond motifs is 3. The molecule has 2 aromatic rings. The summed E-state index contributed by atoms with van der Waals surface area (Å²) in [6, 6.07) is 1.86. The lowest BCUT2D eigenvalue weighted by molar-refractivity contribution is -0.160. The van der Waals surface area contributed by atoms with Crippen LogP contribution in [0.5, 0.6) is 11.6 Å². The summed E-state index contributed by atoms with van der Waals surface area (Å²) >= 11 is 0. The van der Waals surface area contributed by atoms with Crippen molar-refractivity contribution in [3.05, 3.63) is 36.3 Å². The Bertz CT molecular complexity index is 2150. The molecule has 334 valence electrons.